The van der Waals surface area contributed by atoms with Gasteiger partial charge in [0.2, 0.25) is 5.91 Å². The van der Waals surface area contributed by atoms with Crippen molar-refractivity contribution in [3.8, 4) is 0 Å². The van der Waals surface area contributed by atoms with Gasteiger partial charge in [-0.05, 0) is 29.5 Å². The van der Waals surface area contributed by atoms with Crippen LogP contribution in [0.1, 0.15) is 43.1 Å². The van der Waals surface area contributed by atoms with E-state index in [-0.39, 0.29) is 35.8 Å². The average molecular weight is 329 g/mol. The molecule has 0 spiro atoms. The van der Waals surface area contributed by atoms with Gasteiger partial charge in [-0.15, -0.1) is 0 Å². The summed E-state index contributed by atoms with van der Waals surface area (Å²) in [5.74, 6) is -0.265. The largest absolute Gasteiger partial charge is 0.336 e. The van der Waals surface area contributed by atoms with E-state index in [0.717, 1.165) is 0 Å². The fourth-order valence-electron chi connectivity index (χ4n) is 3.24. The molecule has 128 valence electrons. The van der Waals surface area contributed by atoms with Crippen LogP contribution in [-0.2, 0) is 10.2 Å². The van der Waals surface area contributed by atoms with Crippen LogP contribution >= 0.6 is 0 Å². The number of rotatable bonds is 2. The molecule has 0 bridgehead atoms. The monoisotopic (exact) mass is 329 g/mol. The molecule has 0 aliphatic carbocycles. The van der Waals surface area contributed by atoms with E-state index in [1.54, 1.807) is 4.90 Å². The third-order valence-corrected chi connectivity index (χ3v) is 4.69. The van der Waals surface area contributed by atoms with Gasteiger partial charge >= 0.3 is 6.03 Å². The lowest BCUT2D eigenvalue weighted by atomic mass is 9.86. The highest BCUT2D eigenvalue weighted by Gasteiger charge is 2.39. The van der Waals surface area contributed by atoms with Crippen LogP contribution in [0.3, 0.4) is 0 Å². The van der Waals surface area contributed by atoms with Gasteiger partial charge in [-0.25, -0.2) is 4.79 Å². The Morgan fingerprint density at radius 2 is 1.83 bits per heavy atom. The van der Waals surface area contributed by atoms with Crippen molar-refractivity contribution in [3.63, 3.8) is 0 Å². The Morgan fingerprint density at radius 3 is 2.38 bits per heavy atom. The number of imide groups is 1. The molecule has 3 rings (SSSR count). The number of benzene rings is 1. The van der Waals surface area contributed by atoms with E-state index in [1.807, 2.05) is 24.3 Å². The van der Waals surface area contributed by atoms with Crippen LogP contribution in [0.15, 0.2) is 24.3 Å². The van der Waals surface area contributed by atoms with E-state index in [4.69, 9.17) is 0 Å². The zero-order chi connectivity index (χ0) is 17.5. The van der Waals surface area contributed by atoms with Gasteiger partial charge in [0.05, 0.1) is 12.6 Å². The molecule has 1 aromatic carbocycles. The van der Waals surface area contributed by atoms with Gasteiger partial charge in [0.15, 0.2) is 0 Å². The van der Waals surface area contributed by atoms with Crippen LogP contribution in [0.2, 0.25) is 0 Å². The highest BCUT2D eigenvalue weighted by atomic mass is 16.2. The summed E-state index contributed by atoms with van der Waals surface area (Å²) >= 11 is 0. The van der Waals surface area contributed by atoms with Gasteiger partial charge in [0.1, 0.15) is 0 Å². The second kappa shape index (κ2) is 5.92. The molecule has 0 radical (unpaired) electrons. The van der Waals surface area contributed by atoms with E-state index in [9.17, 15) is 14.4 Å². The number of amides is 4. The zero-order valence-corrected chi connectivity index (χ0v) is 14.3. The van der Waals surface area contributed by atoms with Crippen molar-refractivity contribution in [1.82, 2.24) is 15.1 Å². The van der Waals surface area contributed by atoms with E-state index >= 15 is 0 Å². The van der Waals surface area contributed by atoms with Crippen molar-refractivity contribution in [3.05, 3.63) is 35.4 Å². The minimum atomic E-state index is -0.353. The van der Waals surface area contributed by atoms with Gasteiger partial charge < -0.3 is 10.2 Å². The number of nitrogens with zero attached hydrogens (tertiary/aromatic N) is 2. The summed E-state index contributed by atoms with van der Waals surface area (Å²) in [6.07, 6.45) is 0.630. The average Bonchev–Trinajstić information content (AvgIpc) is 3.13. The predicted molar refractivity (Wildman–Crippen MR) is 89.7 cm³/mol. The summed E-state index contributed by atoms with van der Waals surface area (Å²) < 4.78 is 0. The van der Waals surface area contributed by atoms with Crippen LogP contribution in [0.25, 0.3) is 0 Å². The molecule has 0 aromatic heterocycles. The van der Waals surface area contributed by atoms with E-state index in [1.165, 1.54) is 10.5 Å². The van der Waals surface area contributed by atoms with Crippen molar-refractivity contribution in [2.24, 2.45) is 0 Å². The van der Waals surface area contributed by atoms with Gasteiger partial charge in [-0.3, -0.25) is 14.5 Å². The highest BCUT2D eigenvalue weighted by molar-refractivity contribution is 6.02. The SMILES string of the molecule is CC(C)(C)c1ccc(C(=O)N2CCC(N3C(=O)CNC3=O)C2)cc1. The molecule has 1 unspecified atom stereocenters. The third kappa shape index (κ3) is 3.00. The Hall–Kier alpha value is -2.37. The number of hydrogen-bond donors (Lipinski definition) is 1. The normalized spacial score (nSPS) is 21.4. The fourth-order valence-corrected chi connectivity index (χ4v) is 3.24. The molecule has 6 nitrogen and oxygen atoms in total. The van der Waals surface area contributed by atoms with Crippen molar-refractivity contribution < 1.29 is 14.4 Å². The predicted octanol–water partition coefficient (Wildman–Crippen LogP) is 1.75. The van der Waals surface area contributed by atoms with Crippen LogP contribution in [0.4, 0.5) is 4.79 Å². The number of urea groups is 1. The fraction of sp³-hybridized carbons (Fsp3) is 0.500. The van der Waals surface area contributed by atoms with Crippen molar-refractivity contribution in [2.75, 3.05) is 19.6 Å². The number of likely N-dealkylation sites (tertiary alicyclic amines) is 1. The Bertz CT molecular complexity index is 660. The molecule has 2 heterocycles. The van der Waals surface area contributed by atoms with Crippen molar-refractivity contribution in [1.29, 1.82) is 0 Å². The van der Waals surface area contributed by atoms with E-state index < -0.39 is 0 Å². The summed E-state index contributed by atoms with van der Waals surface area (Å²) in [4.78, 5) is 39.2. The Morgan fingerprint density at radius 1 is 1.17 bits per heavy atom. The molecule has 2 aliphatic heterocycles. The Balaban J connectivity index is 1.68. The van der Waals surface area contributed by atoms with Crippen molar-refractivity contribution >= 4 is 17.8 Å². The summed E-state index contributed by atoms with van der Waals surface area (Å²) in [5, 5.41) is 2.53. The molecule has 6 heteroatoms. The molecule has 24 heavy (non-hydrogen) atoms. The minimum Gasteiger partial charge on any atom is -0.336 e. The molecule has 1 aromatic rings. The van der Waals surface area contributed by atoms with Crippen LogP contribution in [-0.4, -0.2) is 53.3 Å². The van der Waals surface area contributed by atoms with Crippen LogP contribution < -0.4 is 5.32 Å². The first-order chi connectivity index (χ1) is 11.3. The molecule has 1 atom stereocenters. The maximum Gasteiger partial charge on any atom is 0.324 e. The summed E-state index contributed by atoms with van der Waals surface area (Å²) in [7, 11) is 0. The molecule has 2 fully saturated rings. The van der Waals surface area contributed by atoms with Gasteiger partial charge in [-0.2, -0.15) is 0 Å². The maximum absolute atomic E-state index is 12.7. The topological polar surface area (TPSA) is 69.7 Å². The van der Waals surface area contributed by atoms with Gasteiger partial charge in [0.25, 0.3) is 5.91 Å². The highest BCUT2D eigenvalue weighted by Crippen LogP contribution is 2.24. The first kappa shape index (κ1) is 16.5. The first-order valence-corrected chi connectivity index (χ1v) is 8.27. The first-order valence-electron chi connectivity index (χ1n) is 8.27. The quantitative estimate of drug-likeness (QED) is 0.841. The molecule has 2 aliphatic rings. The van der Waals surface area contributed by atoms with Crippen LogP contribution in [0, 0.1) is 0 Å². The smallest absolute Gasteiger partial charge is 0.324 e. The van der Waals surface area contributed by atoms with Crippen molar-refractivity contribution in [2.45, 2.75) is 38.6 Å². The second-order valence-corrected chi connectivity index (χ2v) is 7.44. The minimum absolute atomic E-state index is 0.0454. The number of nitrogens with one attached hydrogen (secondary N) is 1. The molecular formula is C18H23N3O3. The maximum atomic E-state index is 12.7. The summed E-state index contributed by atoms with van der Waals surface area (Å²) in [6.45, 7) is 7.41. The lowest BCUT2D eigenvalue weighted by Gasteiger charge is -2.22. The summed E-state index contributed by atoms with van der Waals surface area (Å²) in [5.41, 5.74) is 1.86. The van der Waals surface area contributed by atoms with Gasteiger partial charge in [0, 0.05) is 18.7 Å². The van der Waals surface area contributed by atoms with E-state index in [2.05, 4.69) is 26.1 Å². The van der Waals surface area contributed by atoms with Crippen LogP contribution in [0.5, 0.6) is 0 Å². The number of hydrogen-bond acceptors (Lipinski definition) is 3. The summed E-state index contributed by atoms with van der Waals surface area (Å²) in [6, 6.07) is 7.09. The molecule has 2 saturated heterocycles. The Labute approximate surface area is 141 Å². The molecule has 4 amide bonds. The lowest BCUT2D eigenvalue weighted by molar-refractivity contribution is -0.126. The lowest BCUT2D eigenvalue weighted by Crippen LogP contribution is -2.42. The number of carbonyl (C=O) groups excluding carboxylic acids is 3. The molecular weight excluding hydrogens is 306 g/mol. The number of carbonyl (C=O) groups is 3. The third-order valence-electron chi connectivity index (χ3n) is 4.69. The zero-order valence-electron chi connectivity index (χ0n) is 14.3. The molecule has 1 N–H and O–H groups in total. The molecule has 0 saturated carbocycles. The van der Waals surface area contributed by atoms with Gasteiger partial charge in [-0.1, -0.05) is 32.9 Å². The second-order valence-electron chi connectivity index (χ2n) is 7.44. The van der Waals surface area contributed by atoms with E-state index in [0.29, 0.717) is 25.1 Å². The Kier molecular flexibility index (Phi) is 4.07. The standard InChI is InChI=1S/C18H23N3O3/c1-18(2,3)13-6-4-12(5-7-13)16(23)20-9-8-14(11-20)21-15(22)10-19-17(21)24/h4-7,14H,8-11H2,1-3H3,(H,19,24).